The number of hydrogen-bond donors (Lipinski definition) is 1. The second-order valence-electron chi connectivity index (χ2n) is 2.78. The number of ether oxygens (including phenoxy) is 1. The summed E-state index contributed by atoms with van der Waals surface area (Å²) < 4.78 is 18.6. The Labute approximate surface area is 97.7 Å². The van der Waals surface area contributed by atoms with Gasteiger partial charge in [0.2, 0.25) is 0 Å². The van der Waals surface area contributed by atoms with Crippen LogP contribution in [-0.4, -0.2) is 48.2 Å². The molecule has 0 aromatic rings. The van der Waals surface area contributed by atoms with Crippen molar-refractivity contribution in [3.8, 4) is 0 Å². The third-order valence-electron chi connectivity index (χ3n) is 1.20. The van der Waals surface area contributed by atoms with Crippen molar-refractivity contribution in [2.75, 3.05) is 21.3 Å². The Morgan fingerprint density at radius 1 is 1.25 bits per heavy atom. The molecule has 0 rings (SSSR count). The molecular weight excluding hydrogens is 232 g/mol. The molecule has 6 nitrogen and oxygen atoms in total. The molecule has 0 amide bonds. The first-order valence-corrected chi connectivity index (χ1v) is 5.93. The van der Waals surface area contributed by atoms with Gasteiger partial charge in [0.1, 0.15) is 0 Å². The first kappa shape index (κ1) is 17.7. The van der Waals surface area contributed by atoms with Gasteiger partial charge < -0.3 is 23.1 Å². The lowest BCUT2D eigenvalue weighted by Crippen LogP contribution is -2.21. The Morgan fingerprint density at radius 2 is 1.62 bits per heavy atom. The van der Waals surface area contributed by atoms with Crippen molar-refractivity contribution in [1.29, 1.82) is 0 Å². The Kier molecular flexibility index (Phi) is 11.9. The van der Waals surface area contributed by atoms with Gasteiger partial charge in [0, 0.05) is 26.9 Å². The zero-order chi connectivity index (χ0) is 13.1. The van der Waals surface area contributed by atoms with E-state index in [0.29, 0.717) is 0 Å². The van der Waals surface area contributed by atoms with Gasteiger partial charge in [0.05, 0.1) is 0 Å². The molecule has 0 radical (unpaired) electrons. The summed E-state index contributed by atoms with van der Waals surface area (Å²) in [6.45, 7) is 6.20. The number of esters is 1. The van der Waals surface area contributed by atoms with Gasteiger partial charge in [-0.25, -0.2) is 4.79 Å². The van der Waals surface area contributed by atoms with E-state index >= 15 is 0 Å². The molecule has 1 unspecified atom stereocenters. The summed E-state index contributed by atoms with van der Waals surface area (Å²) in [7, 11) is 3.05. The first-order valence-electron chi connectivity index (χ1n) is 4.51. The van der Waals surface area contributed by atoms with Crippen LogP contribution < -0.4 is 0 Å². The smallest absolute Gasteiger partial charge is 0.433 e. The van der Waals surface area contributed by atoms with Crippen molar-refractivity contribution >= 4 is 15.5 Å². The lowest BCUT2D eigenvalue weighted by molar-refractivity contribution is -0.159. The summed E-state index contributed by atoms with van der Waals surface area (Å²) in [5.41, 5.74) is 0.288. The molecule has 0 aromatic carbocycles. The lowest BCUT2D eigenvalue weighted by Gasteiger charge is -2.05. The van der Waals surface area contributed by atoms with Crippen molar-refractivity contribution in [3.63, 3.8) is 0 Å². The van der Waals surface area contributed by atoms with Gasteiger partial charge in [0.15, 0.2) is 6.29 Å². The lowest BCUT2D eigenvalue weighted by atomic mass is 10.4. The highest BCUT2D eigenvalue weighted by atomic mass is 28.3. The van der Waals surface area contributed by atoms with E-state index in [1.807, 2.05) is 0 Å². The number of hydrogen-bond acceptors (Lipinski definition) is 6. The van der Waals surface area contributed by atoms with Gasteiger partial charge in [-0.2, -0.15) is 0 Å². The number of aliphatic hydroxyl groups is 1. The van der Waals surface area contributed by atoms with Gasteiger partial charge in [-0.15, -0.1) is 0 Å². The predicted octanol–water partition coefficient (Wildman–Crippen LogP) is 0.0868. The molecule has 0 spiro atoms. The highest BCUT2D eigenvalue weighted by Gasteiger charge is 2.05. The largest absolute Gasteiger partial charge is 0.483 e. The van der Waals surface area contributed by atoms with Crippen molar-refractivity contribution in [2.24, 2.45) is 0 Å². The summed E-state index contributed by atoms with van der Waals surface area (Å²) in [4.78, 5) is 10.5. The van der Waals surface area contributed by atoms with Crippen LogP contribution >= 0.6 is 0 Å². The highest BCUT2D eigenvalue weighted by Crippen LogP contribution is 1.94. The van der Waals surface area contributed by atoms with Crippen molar-refractivity contribution in [3.05, 3.63) is 12.2 Å². The van der Waals surface area contributed by atoms with Crippen molar-refractivity contribution < 1.29 is 27.9 Å². The Balaban J connectivity index is 0. The fourth-order valence-electron chi connectivity index (χ4n) is 0.544. The quantitative estimate of drug-likeness (QED) is 0.323. The standard InChI is InChI=1S/C6H10O3.C3H10O3Si/c1-4(2)6(8)9-5(3)7;1-4-7(5-2)6-3/h5,7H,1H2,2-3H3;7H,1-3H3. The Morgan fingerprint density at radius 3 is 1.69 bits per heavy atom. The molecule has 0 aliphatic heterocycles. The highest BCUT2D eigenvalue weighted by molar-refractivity contribution is 6.36. The van der Waals surface area contributed by atoms with Crippen molar-refractivity contribution in [1.82, 2.24) is 0 Å². The minimum absolute atomic E-state index is 0.288. The summed E-state index contributed by atoms with van der Waals surface area (Å²) in [6, 6.07) is 0. The molecule has 0 saturated carbocycles. The van der Waals surface area contributed by atoms with Crippen LogP contribution in [-0.2, 0) is 22.8 Å². The summed E-state index contributed by atoms with van der Waals surface area (Å²) in [5.74, 6) is -0.565. The molecule has 1 atom stereocenters. The monoisotopic (exact) mass is 252 g/mol. The average molecular weight is 252 g/mol. The Bertz CT molecular complexity index is 197. The fraction of sp³-hybridized carbons (Fsp3) is 0.667. The molecule has 0 aromatic heterocycles. The van der Waals surface area contributed by atoms with E-state index in [1.165, 1.54) is 13.8 Å². The van der Waals surface area contributed by atoms with E-state index < -0.39 is 21.8 Å². The maximum Gasteiger partial charge on any atom is 0.483 e. The van der Waals surface area contributed by atoms with E-state index in [2.05, 4.69) is 11.3 Å². The van der Waals surface area contributed by atoms with Crippen LogP contribution in [0.25, 0.3) is 0 Å². The molecule has 0 fully saturated rings. The van der Waals surface area contributed by atoms with Gasteiger partial charge in [-0.05, 0) is 13.8 Å². The molecule has 0 saturated heterocycles. The van der Waals surface area contributed by atoms with Gasteiger partial charge in [0.25, 0.3) is 0 Å². The van der Waals surface area contributed by atoms with Crippen LogP contribution in [0.1, 0.15) is 13.8 Å². The van der Waals surface area contributed by atoms with Crippen molar-refractivity contribution in [2.45, 2.75) is 20.1 Å². The van der Waals surface area contributed by atoms with Gasteiger partial charge in [-0.3, -0.25) is 0 Å². The molecule has 0 heterocycles. The average Bonchev–Trinajstić information content (AvgIpc) is 2.20. The van der Waals surface area contributed by atoms with E-state index in [-0.39, 0.29) is 5.57 Å². The summed E-state index contributed by atoms with van der Waals surface area (Å²) in [6.07, 6.45) is -1.05. The minimum atomic E-state index is -1.67. The second kappa shape index (κ2) is 10.8. The molecule has 0 bridgehead atoms. The van der Waals surface area contributed by atoms with Crippen LogP contribution in [0.2, 0.25) is 0 Å². The molecule has 1 N–H and O–H groups in total. The van der Waals surface area contributed by atoms with Crippen LogP contribution in [0, 0.1) is 0 Å². The molecule has 0 aliphatic rings. The number of carbonyl (C=O) groups excluding carboxylic acids is 1. The summed E-state index contributed by atoms with van der Waals surface area (Å²) in [5, 5.41) is 8.49. The maximum atomic E-state index is 10.5. The summed E-state index contributed by atoms with van der Waals surface area (Å²) >= 11 is 0. The molecule has 7 heteroatoms. The van der Waals surface area contributed by atoms with Crippen LogP contribution in [0.3, 0.4) is 0 Å². The van der Waals surface area contributed by atoms with E-state index in [9.17, 15) is 4.79 Å². The number of aliphatic hydroxyl groups excluding tert-OH is 1. The minimum Gasteiger partial charge on any atom is -0.433 e. The van der Waals surface area contributed by atoms with Crippen LogP contribution in [0.5, 0.6) is 0 Å². The maximum absolute atomic E-state index is 10.5. The number of carbonyl (C=O) groups is 1. The third kappa shape index (κ3) is 11.3. The number of rotatable bonds is 5. The topological polar surface area (TPSA) is 74.2 Å². The second-order valence-corrected chi connectivity index (χ2v) is 4.77. The van der Waals surface area contributed by atoms with E-state index in [1.54, 1.807) is 21.3 Å². The zero-order valence-corrected chi connectivity index (χ0v) is 11.5. The fourth-order valence-corrected chi connectivity index (χ4v) is 1.12. The normalized spacial score (nSPS) is 11.4. The first-order chi connectivity index (χ1) is 7.38. The van der Waals surface area contributed by atoms with Gasteiger partial charge in [-0.1, -0.05) is 6.58 Å². The third-order valence-corrected chi connectivity index (χ3v) is 2.36. The van der Waals surface area contributed by atoms with Gasteiger partial charge >= 0.3 is 15.5 Å². The van der Waals surface area contributed by atoms with E-state index in [4.69, 9.17) is 18.4 Å². The molecule has 96 valence electrons. The SMILES string of the molecule is C=C(C)C(=O)OC(C)O.CO[SiH](OC)OC. The molecule has 16 heavy (non-hydrogen) atoms. The van der Waals surface area contributed by atoms with Crippen LogP contribution in [0.4, 0.5) is 0 Å². The Hall–Kier alpha value is -0.733. The van der Waals surface area contributed by atoms with E-state index in [0.717, 1.165) is 0 Å². The zero-order valence-electron chi connectivity index (χ0n) is 10.4. The van der Waals surface area contributed by atoms with Crippen LogP contribution in [0.15, 0.2) is 12.2 Å². The predicted molar refractivity (Wildman–Crippen MR) is 60.8 cm³/mol. The molecular formula is C9H20O6Si. The molecule has 0 aliphatic carbocycles.